The van der Waals surface area contributed by atoms with E-state index in [-0.39, 0.29) is 6.54 Å². The summed E-state index contributed by atoms with van der Waals surface area (Å²) in [7, 11) is 3.21. The summed E-state index contributed by atoms with van der Waals surface area (Å²) in [5.41, 5.74) is 7.48. The van der Waals surface area contributed by atoms with Crippen LogP contribution in [0.5, 0.6) is 11.5 Å². The molecule has 2 N–H and O–H groups in total. The highest BCUT2D eigenvalue weighted by molar-refractivity contribution is 5.65. The Labute approximate surface area is 118 Å². The summed E-state index contributed by atoms with van der Waals surface area (Å²) in [6, 6.07) is 3.76. The van der Waals surface area contributed by atoms with Crippen molar-refractivity contribution in [3.8, 4) is 22.9 Å². The largest absolute Gasteiger partial charge is 0.493 e. The number of hydrogen-bond acceptors (Lipinski definition) is 6. The van der Waals surface area contributed by atoms with Gasteiger partial charge in [-0.2, -0.15) is 0 Å². The Hall–Kier alpha value is -2.21. The van der Waals surface area contributed by atoms with Crippen LogP contribution in [-0.2, 0) is 6.54 Å². The first-order valence-electron chi connectivity index (χ1n) is 6.23. The molecule has 6 nitrogen and oxygen atoms in total. The molecule has 0 bridgehead atoms. The molecule has 1 aromatic carbocycles. The zero-order valence-corrected chi connectivity index (χ0v) is 12.1. The molecule has 0 saturated carbocycles. The minimum absolute atomic E-state index is 0.280. The molecule has 2 aromatic rings. The molecule has 0 aliphatic carbocycles. The molecule has 0 saturated heterocycles. The Bertz CT molecular complexity index is 629. The molecule has 0 spiro atoms. The van der Waals surface area contributed by atoms with Crippen LogP contribution in [0.2, 0.25) is 0 Å². The van der Waals surface area contributed by atoms with E-state index in [4.69, 9.17) is 15.2 Å². The third-order valence-electron chi connectivity index (χ3n) is 2.95. The molecule has 20 heavy (non-hydrogen) atoms. The zero-order chi connectivity index (χ0) is 14.7. The smallest absolute Gasteiger partial charge is 0.163 e. The van der Waals surface area contributed by atoms with E-state index in [2.05, 4.69) is 15.0 Å². The molecule has 0 aliphatic rings. The fraction of sp³-hybridized carbons (Fsp3) is 0.357. The van der Waals surface area contributed by atoms with E-state index in [0.29, 0.717) is 29.0 Å². The van der Waals surface area contributed by atoms with Crippen molar-refractivity contribution < 1.29 is 9.47 Å². The summed E-state index contributed by atoms with van der Waals surface area (Å²) >= 11 is 0. The maximum Gasteiger partial charge on any atom is 0.163 e. The fourth-order valence-electron chi connectivity index (χ4n) is 1.97. The van der Waals surface area contributed by atoms with E-state index in [1.165, 1.54) is 0 Å². The molecule has 0 fully saturated rings. The van der Waals surface area contributed by atoms with Crippen molar-refractivity contribution in [2.75, 3.05) is 14.2 Å². The van der Waals surface area contributed by atoms with E-state index >= 15 is 0 Å². The Morgan fingerprint density at radius 2 is 1.65 bits per heavy atom. The number of methoxy groups -OCH3 is 2. The van der Waals surface area contributed by atoms with Crippen LogP contribution in [0.3, 0.4) is 0 Å². The molecular weight excluding hydrogens is 256 g/mol. The average molecular weight is 274 g/mol. The number of hydrogen-bond donors (Lipinski definition) is 1. The lowest BCUT2D eigenvalue weighted by molar-refractivity contribution is 0.355. The van der Waals surface area contributed by atoms with Gasteiger partial charge in [0, 0.05) is 5.56 Å². The minimum Gasteiger partial charge on any atom is -0.493 e. The number of nitrogens with zero attached hydrogens (tertiary/aromatic N) is 3. The van der Waals surface area contributed by atoms with E-state index in [9.17, 15) is 0 Å². The lowest BCUT2D eigenvalue weighted by atomic mass is 10.1. The predicted octanol–water partition coefficient (Wildman–Crippen LogP) is 1.63. The Balaban J connectivity index is 2.60. The number of nitrogens with two attached hydrogens (primary N) is 1. The highest BCUT2D eigenvalue weighted by atomic mass is 16.5. The molecule has 2 rings (SSSR count). The summed E-state index contributed by atoms with van der Waals surface area (Å²) in [5, 5.41) is 0. The van der Waals surface area contributed by atoms with Gasteiger partial charge >= 0.3 is 0 Å². The summed E-state index contributed by atoms with van der Waals surface area (Å²) in [6.45, 7) is 4.07. The molecule has 1 aromatic heterocycles. The van der Waals surface area contributed by atoms with Crippen LogP contribution >= 0.6 is 0 Å². The first kappa shape index (κ1) is 14.2. The Morgan fingerprint density at radius 1 is 1.00 bits per heavy atom. The molecule has 0 unspecified atom stereocenters. The van der Waals surface area contributed by atoms with Crippen LogP contribution in [-0.4, -0.2) is 29.2 Å². The summed E-state index contributed by atoms with van der Waals surface area (Å²) in [6.07, 6.45) is 0. The van der Waals surface area contributed by atoms with Crippen molar-refractivity contribution in [2.24, 2.45) is 5.73 Å². The van der Waals surface area contributed by atoms with Crippen LogP contribution in [0.1, 0.15) is 17.2 Å². The second-order valence-electron chi connectivity index (χ2n) is 4.35. The summed E-state index contributed by atoms with van der Waals surface area (Å²) in [4.78, 5) is 12.9. The van der Waals surface area contributed by atoms with Gasteiger partial charge in [0.05, 0.1) is 20.8 Å². The number of ether oxygens (including phenoxy) is 2. The standard InChI is InChI=1S/C14H18N4O2/c1-8-5-11(19-3)12(20-4)6-10(8)14-17-9(2)16-13(7-15)18-14/h5-6H,7,15H2,1-4H3. The molecule has 0 aliphatic heterocycles. The van der Waals surface area contributed by atoms with Crippen LogP contribution in [0.25, 0.3) is 11.4 Å². The fourth-order valence-corrected chi connectivity index (χ4v) is 1.97. The molecule has 6 heteroatoms. The maximum atomic E-state index is 5.61. The van der Waals surface area contributed by atoms with E-state index in [1.54, 1.807) is 14.2 Å². The SMILES string of the molecule is COc1cc(C)c(-c2nc(C)nc(CN)n2)cc1OC. The van der Waals surface area contributed by atoms with E-state index in [1.807, 2.05) is 26.0 Å². The average Bonchev–Trinajstić information content (AvgIpc) is 2.46. The van der Waals surface area contributed by atoms with Gasteiger partial charge in [-0.15, -0.1) is 0 Å². The van der Waals surface area contributed by atoms with E-state index in [0.717, 1.165) is 11.1 Å². The van der Waals surface area contributed by atoms with Gasteiger partial charge in [-0.1, -0.05) is 0 Å². The summed E-state index contributed by atoms with van der Waals surface area (Å²) < 4.78 is 10.6. The van der Waals surface area contributed by atoms with Crippen LogP contribution < -0.4 is 15.2 Å². The normalized spacial score (nSPS) is 10.4. The molecular formula is C14H18N4O2. The zero-order valence-electron chi connectivity index (χ0n) is 12.1. The quantitative estimate of drug-likeness (QED) is 0.912. The van der Waals surface area contributed by atoms with Crippen molar-refractivity contribution in [3.63, 3.8) is 0 Å². The van der Waals surface area contributed by atoms with Gasteiger partial charge in [0.1, 0.15) is 11.6 Å². The molecule has 1 heterocycles. The van der Waals surface area contributed by atoms with Crippen molar-refractivity contribution in [1.82, 2.24) is 15.0 Å². The highest BCUT2D eigenvalue weighted by Crippen LogP contribution is 2.34. The highest BCUT2D eigenvalue weighted by Gasteiger charge is 2.13. The monoisotopic (exact) mass is 274 g/mol. The minimum atomic E-state index is 0.280. The second-order valence-corrected chi connectivity index (χ2v) is 4.35. The first-order chi connectivity index (χ1) is 9.58. The van der Waals surface area contributed by atoms with Gasteiger partial charge in [0.25, 0.3) is 0 Å². The first-order valence-corrected chi connectivity index (χ1v) is 6.23. The van der Waals surface area contributed by atoms with Crippen molar-refractivity contribution in [1.29, 1.82) is 0 Å². The van der Waals surface area contributed by atoms with Gasteiger partial charge in [-0.25, -0.2) is 15.0 Å². The number of aromatic nitrogens is 3. The lowest BCUT2D eigenvalue weighted by Gasteiger charge is -2.12. The van der Waals surface area contributed by atoms with Crippen molar-refractivity contribution in [2.45, 2.75) is 20.4 Å². The van der Waals surface area contributed by atoms with Crippen LogP contribution in [0, 0.1) is 13.8 Å². The topological polar surface area (TPSA) is 83.2 Å². The predicted molar refractivity (Wildman–Crippen MR) is 75.7 cm³/mol. The molecule has 0 amide bonds. The third kappa shape index (κ3) is 2.70. The van der Waals surface area contributed by atoms with Gasteiger partial charge in [-0.05, 0) is 31.5 Å². The molecule has 0 radical (unpaired) electrons. The number of rotatable bonds is 4. The van der Waals surface area contributed by atoms with Crippen LogP contribution in [0.15, 0.2) is 12.1 Å². The second kappa shape index (κ2) is 5.83. The summed E-state index contributed by atoms with van der Waals surface area (Å²) in [5.74, 6) is 3.13. The maximum absolute atomic E-state index is 5.61. The van der Waals surface area contributed by atoms with Gasteiger partial charge in [0.2, 0.25) is 0 Å². The number of aryl methyl sites for hydroxylation is 2. The third-order valence-corrected chi connectivity index (χ3v) is 2.95. The molecule has 106 valence electrons. The number of benzene rings is 1. The van der Waals surface area contributed by atoms with Crippen molar-refractivity contribution >= 4 is 0 Å². The van der Waals surface area contributed by atoms with Crippen LogP contribution in [0.4, 0.5) is 0 Å². The van der Waals surface area contributed by atoms with Gasteiger partial charge in [0.15, 0.2) is 17.3 Å². The van der Waals surface area contributed by atoms with Gasteiger partial charge in [-0.3, -0.25) is 0 Å². The van der Waals surface area contributed by atoms with E-state index < -0.39 is 0 Å². The molecule has 0 atom stereocenters. The lowest BCUT2D eigenvalue weighted by Crippen LogP contribution is -2.08. The Morgan fingerprint density at radius 3 is 2.25 bits per heavy atom. The Kier molecular flexibility index (Phi) is 4.14. The van der Waals surface area contributed by atoms with Crippen molar-refractivity contribution in [3.05, 3.63) is 29.3 Å². The van der Waals surface area contributed by atoms with Gasteiger partial charge < -0.3 is 15.2 Å².